The van der Waals surface area contributed by atoms with Gasteiger partial charge in [0.2, 0.25) is 0 Å². The van der Waals surface area contributed by atoms with Crippen LogP contribution in [0.4, 0.5) is 10.1 Å². The minimum atomic E-state index is -0.517. The molecule has 0 atom stereocenters. The Balaban J connectivity index is 1.81. The number of ether oxygens (including phenoxy) is 1. The fourth-order valence-electron chi connectivity index (χ4n) is 2.77. The molecule has 0 unspecified atom stereocenters. The number of hydrogen-bond acceptors (Lipinski definition) is 5. The van der Waals surface area contributed by atoms with Crippen molar-refractivity contribution in [3.05, 3.63) is 58.7 Å². The highest BCUT2D eigenvalue weighted by Crippen LogP contribution is 2.26. The van der Waals surface area contributed by atoms with Crippen molar-refractivity contribution in [2.75, 3.05) is 18.1 Å². The highest BCUT2D eigenvalue weighted by molar-refractivity contribution is 5.87. The molecule has 0 fully saturated rings. The van der Waals surface area contributed by atoms with E-state index in [1.807, 2.05) is 11.0 Å². The summed E-state index contributed by atoms with van der Waals surface area (Å²) in [4.78, 5) is 17.9. The van der Waals surface area contributed by atoms with Gasteiger partial charge in [-0.3, -0.25) is 0 Å². The van der Waals surface area contributed by atoms with Crippen molar-refractivity contribution >= 4 is 11.7 Å². The largest absolute Gasteiger partial charge is 0.461 e. The minimum absolute atomic E-state index is 0.0388. The van der Waals surface area contributed by atoms with E-state index < -0.39 is 11.8 Å². The molecule has 6 heteroatoms. The van der Waals surface area contributed by atoms with Crippen molar-refractivity contribution in [3.63, 3.8) is 0 Å². The normalized spacial score (nSPS) is 13.1. The average molecular weight is 325 g/mol. The molecule has 2 aromatic rings. The maximum atomic E-state index is 13.8. The lowest BCUT2D eigenvalue weighted by molar-refractivity contribution is 0.0519. The second-order valence-electron chi connectivity index (χ2n) is 5.51. The molecule has 1 aliphatic heterocycles. The van der Waals surface area contributed by atoms with E-state index in [-0.39, 0.29) is 5.56 Å². The molecule has 1 aliphatic rings. The summed E-state index contributed by atoms with van der Waals surface area (Å²) in [6.07, 6.45) is 2.40. The summed E-state index contributed by atoms with van der Waals surface area (Å²) in [6.45, 7) is 3.35. The van der Waals surface area contributed by atoms with Crippen molar-refractivity contribution in [3.8, 4) is 6.07 Å². The first-order chi connectivity index (χ1) is 11.6. The Bertz CT molecular complexity index is 829. The number of carbonyl (C=O) groups is 1. The summed E-state index contributed by atoms with van der Waals surface area (Å²) < 4.78 is 18.8. The van der Waals surface area contributed by atoms with Crippen molar-refractivity contribution in [2.45, 2.75) is 19.9 Å². The summed E-state index contributed by atoms with van der Waals surface area (Å²) in [6, 6.07) is 8.20. The number of pyridine rings is 1. The van der Waals surface area contributed by atoms with E-state index in [9.17, 15) is 9.18 Å². The fourth-order valence-corrected chi connectivity index (χ4v) is 2.77. The molecule has 122 valence electrons. The van der Waals surface area contributed by atoms with Gasteiger partial charge in [0.25, 0.3) is 0 Å². The molecule has 0 spiro atoms. The van der Waals surface area contributed by atoms with E-state index >= 15 is 0 Å². The van der Waals surface area contributed by atoms with Crippen molar-refractivity contribution in [2.24, 2.45) is 0 Å². The van der Waals surface area contributed by atoms with E-state index in [0.29, 0.717) is 25.4 Å². The molecule has 0 radical (unpaired) electrons. The topological polar surface area (TPSA) is 66.2 Å². The number of esters is 1. The molecule has 0 amide bonds. The van der Waals surface area contributed by atoms with Gasteiger partial charge in [0.1, 0.15) is 17.6 Å². The number of hydrogen-bond donors (Lipinski definition) is 0. The van der Waals surface area contributed by atoms with Crippen LogP contribution in [-0.2, 0) is 17.7 Å². The van der Waals surface area contributed by atoms with Gasteiger partial charge < -0.3 is 9.64 Å². The lowest BCUT2D eigenvalue weighted by Gasteiger charge is -2.30. The highest BCUT2D eigenvalue weighted by atomic mass is 19.1. The van der Waals surface area contributed by atoms with Gasteiger partial charge in [-0.25, -0.2) is 14.2 Å². The minimum Gasteiger partial charge on any atom is -0.461 e. The van der Waals surface area contributed by atoms with Crippen molar-refractivity contribution in [1.82, 2.24) is 4.98 Å². The molecule has 0 aliphatic carbocycles. The number of fused-ring (bicyclic) bond motifs is 1. The van der Waals surface area contributed by atoms with Crippen LogP contribution in [0.1, 0.15) is 34.1 Å². The Morgan fingerprint density at radius 3 is 2.96 bits per heavy atom. The summed E-state index contributed by atoms with van der Waals surface area (Å²) in [5.41, 5.74) is 3.13. The second kappa shape index (κ2) is 6.67. The molecular weight excluding hydrogens is 309 g/mol. The van der Waals surface area contributed by atoms with E-state index in [1.165, 1.54) is 12.1 Å². The Kier molecular flexibility index (Phi) is 4.43. The molecule has 3 rings (SSSR count). The first-order valence-electron chi connectivity index (χ1n) is 7.72. The monoisotopic (exact) mass is 325 g/mol. The summed E-state index contributed by atoms with van der Waals surface area (Å²) in [7, 11) is 0. The third-order valence-electron chi connectivity index (χ3n) is 4.02. The Hall–Kier alpha value is -2.94. The van der Waals surface area contributed by atoms with Crippen LogP contribution in [0.25, 0.3) is 0 Å². The summed E-state index contributed by atoms with van der Waals surface area (Å²) >= 11 is 0. The molecule has 5 nitrogen and oxygen atoms in total. The third kappa shape index (κ3) is 3.06. The molecule has 0 bridgehead atoms. The number of halogens is 1. The van der Waals surface area contributed by atoms with E-state index in [0.717, 1.165) is 23.2 Å². The van der Waals surface area contributed by atoms with Crippen LogP contribution in [0.15, 0.2) is 30.5 Å². The number of aromatic nitrogens is 1. The molecule has 1 aromatic heterocycles. The summed E-state index contributed by atoms with van der Waals surface area (Å²) in [5.74, 6) is -0.937. The smallest absolute Gasteiger partial charge is 0.356 e. The van der Waals surface area contributed by atoms with Crippen molar-refractivity contribution in [1.29, 1.82) is 5.26 Å². The number of anilines is 1. The molecule has 1 aromatic carbocycles. The van der Waals surface area contributed by atoms with E-state index in [1.54, 1.807) is 25.3 Å². The van der Waals surface area contributed by atoms with Gasteiger partial charge in [0.15, 0.2) is 0 Å². The van der Waals surface area contributed by atoms with Gasteiger partial charge in [-0.05, 0) is 48.7 Å². The standard InChI is InChI=1S/C18H16FN3O2/c1-2-24-18(23)17-7-12-5-6-22(11-14(12)10-21-17)15-4-3-13(9-20)16(19)8-15/h3-4,7-8,10H,2,5-6,11H2,1H3. The van der Waals surface area contributed by atoms with Crippen LogP contribution in [-0.4, -0.2) is 24.1 Å². The van der Waals surface area contributed by atoms with Crippen LogP contribution in [0, 0.1) is 17.1 Å². The quantitative estimate of drug-likeness (QED) is 0.812. The predicted octanol–water partition coefficient (Wildman–Crippen LogP) is 2.83. The number of nitrogens with zero attached hydrogens (tertiary/aromatic N) is 3. The Labute approximate surface area is 139 Å². The lowest BCUT2D eigenvalue weighted by atomic mass is 10.00. The summed E-state index contributed by atoms with van der Waals surface area (Å²) in [5, 5.41) is 8.81. The first kappa shape index (κ1) is 15.9. The third-order valence-corrected chi connectivity index (χ3v) is 4.02. The van der Waals surface area contributed by atoms with Crippen LogP contribution in [0.2, 0.25) is 0 Å². The molecule has 24 heavy (non-hydrogen) atoms. The SMILES string of the molecule is CCOC(=O)c1cc2c(cn1)CN(c1ccc(C#N)c(F)c1)CC2. The van der Waals surface area contributed by atoms with E-state index in [4.69, 9.17) is 10.00 Å². The van der Waals surface area contributed by atoms with Crippen molar-refractivity contribution < 1.29 is 13.9 Å². The number of rotatable bonds is 3. The second-order valence-corrected chi connectivity index (χ2v) is 5.51. The van der Waals surface area contributed by atoms with Gasteiger partial charge in [-0.1, -0.05) is 0 Å². The molecule has 2 heterocycles. The predicted molar refractivity (Wildman–Crippen MR) is 86.1 cm³/mol. The average Bonchev–Trinajstić information content (AvgIpc) is 2.61. The Morgan fingerprint density at radius 1 is 1.42 bits per heavy atom. The molecule has 0 saturated carbocycles. The number of benzene rings is 1. The fraction of sp³-hybridized carbons (Fsp3) is 0.278. The van der Waals surface area contributed by atoms with Crippen LogP contribution in [0.5, 0.6) is 0 Å². The molecule has 0 saturated heterocycles. The van der Waals surface area contributed by atoms with Gasteiger partial charge in [-0.15, -0.1) is 0 Å². The Morgan fingerprint density at radius 2 is 2.25 bits per heavy atom. The number of nitriles is 1. The maximum absolute atomic E-state index is 13.8. The zero-order valence-corrected chi connectivity index (χ0v) is 13.3. The van der Waals surface area contributed by atoms with Crippen LogP contribution >= 0.6 is 0 Å². The molecular formula is C18H16FN3O2. The molecule has 0 N–H and O–H groups in total. The maximum Gasteiger partial charge on any atom is 0.356 e. The van der Waals surface area contributed by atoms with Gasteiger partial charge in [0.05, 0.1) is 12.2 Å². The number of carbonyl (C=O) groups excluding carboxylic acids is 1. The first-order valence-corrected chi connectivity index (χ1v) is 7.72. The zero-order chi connectivity index (χ0) is 17.1. The van der Waals surface area contributed by atoms with Crippen LogP contribution in [0.3, 0.4) is 0 Å². The zero-order valence-electron chi connectivity index (χ0n) is 13.3. The van der Waals surface area contributed by atoms with Gasteiger partial charge in [-0.2, -0.15) is 5.26 Å². The van der Waals surface area contributed by atoms with Gasteiger partial charge in [0, 0.05) is 25.0 Å². The van der Waals surface area contributed by atoms with Crippen LogP contribution < -0.4 is 4.90 Å². The highest BCUT2D eigenvalue weighted by Gasteiger charge is 2.20. The van der Waals surface area contributed by atoms with Gasteiger partial charge >= 0.3 is 5.97 Å². The van der Waals surface area contributed by atoms with E-state index in [2.05, 4.69) is 4.98 Å². The lowest BCUT2D eigenvalue weighted by Crippen LogP contribution is -2.31.